The standard InChI is InChI=1S/C25H22N4O/c26-17-20(25(30)28-16-6-8-19-7-4-5-11-24(19)28)18-29(22-9-2-1-3-10-22)23-14-12-21(27)13-15-23/h1-5,7,9-15,18H,6,8,16,27H2/b20-18-. The van der Waals surface area contributed by atoms with Crippen LogP contribution < -0.4 is 15.5 Å². The maximum absolute atomic E-state index is 13.3. The largest absolute Gasteiger partial charge is 0.399 e. The minimum atomic E-state index is -0.291. The molecule has 1 aliphatic heterocycles. The number of nitriles is 1. The normalized spacial score (nSPS) is 13.3. The summed E-state index contributed by atoms with van der Waals surface area (Å²) in [6.45, 7) is 0.599. The number of hydrogen-bond donors (Lipinski definition) is 1. The molecule has 148 valence electrons. The number of hydrogen-bond acceptors (Lipinski definition) is 4. The summed E-state index contributed by atoms with van der Waals surface area (Å²) in [5, 5.41) is 9.85. The Morgan fingerprint density at radius 1 is 0.967 bits per heavy atom. The molecule has 5 nitrogen and oxygen atoms in total. The Labute approximate surface area is 176 Å². The topological polar surface area (TPSA) is 73.4 Å². The molecular formula is C25H22N4O. The molecule has 0 aromatic heterocycles. The fraction of sp³-hybridized carbons (Fsp3) is 0.120. The van der Waals surface area contributed by atoms with Gasteiger partial charge in [-0.25, -0.2) is 0 Å². The summed E-state index contributed by atoms with van der Waals surface area (Å²) < 4.78 is 0. The molecule has 0 atom stereocenters. The van der Waals surface area contributed by atoms with Crippen molar-refractivity contribution in [3.63, 3.8) is 0 Å². The highest BCUT2D eigenvalue weighted by atomic mass is 16.2. The van der Waals surface area contributed by atoms with E-state index in [-0.39, 0.29) is 11.5 Å². The molecule has 0 unspecified atom stereocenters. The van der Waals surface area contributed by atoms with Crippen LogP contribution in [0.1, 0.15) is 12.0 Å². The van der Waals surface area contributed by atoms with E-state index < -0.39 is 0 Å². The molecule has 2 N–H and O–H groups in total. The monoisotopic (exact) mass is 394 g/mol. The smallest absolute Gasteiger partial charge is 0.270 e. The summed E-state index contributed by atoms with van der Waals surface area (Å²) in [7, 11) is 0. The SMILES string of the molecule is N#C/C(=C/N(c1ccccc1)c1ccc(N)cc1)C(=O)N1CCCc2ccccc21. The van der Waals surface area contributed by atoms with Gasteiger partial charge in [-0.3, -0.25) is 4.79 Å². The zero-order valence-corrected chi connectivity index (χ0v) is 16.5. The van der Waals surface area contributed by atoms with E-state index in [9.17, 15) is 10.1 Å². The Morgan fingerprint density at radius 2 is 1.63 bits per heavy atom. The van der Waals surface area contributed by atoms with Crippen LogP contribution in [-0.2, 0) is 11.2 Å². The number of rotatable bonds is 4. The molecule has 1 amide bonds. The second kappa shape index (κ2) is 8.54. The van der Waals surface area contributed by atoms with Gasteiger partial charge in [-0.1, -0.05) is 36.4 Å². The number of amides is 1. The van der Waals surface area contributed by atoms with E-state index in [4.69, 9.17) is 5.73 Å². The van der Waals surface area contributed by atoms with E-state index in [0.29, 0.717) is 12.2 Å². The van der Waals surface area contributed by atoms with Crippen LogP contribution in [0, 0.1) is 11.3 Å². The Hall–Kier alpha value is -4.04. The summed E-state index contributed by atoms with van der Waals surface area (Å²) in [5.41, 5.74) is 10.2. The highest BCUT2D eigenvalue weighted by Gasteiger charge is 2.25. The van der Waals surface area contributed by atoms with E-state index in [0.717, 1.165) is 35.5 Å². The second-order valence-corrected chi connectivity index (χ2v) is 7.14. The number of fused-ring (bicyclic) bond motifs is 1. The van der Waals surface area contributed by atoms with Crippen molar-refractivity contribution in [2.75, 3.05) is 22.1 Å². The van der Waals surface area contributed by atoms with Crippen LogP contribution in [0.3, 0.4) is 0 Å². The summed E-state index contributed by atoms with van der Waals surface area (Å²) in [4.78, 5) is 16.9. The van der Waals surface area contributed by atoms with Gasteiger partial charge in [0.2, 0.25) is 0 Å². The highest BCUT2D eigenvalue weighted by molar-refractivity contribution is 6.09. The molecule has 0 aliphatic carbocycles. The van der Waals surface area contributed by atoms with Gasteiger partial charge in [-0.05, 0) is 60.9 Å². The summed E-state index contributed by atoms with van der Waals surface area (Å²) >= 11 is 0. The minimum absolute atomic E-state index is 0.0763. The van der Waals surface area contributed by atoms with E-state index in [1.807, 2.05) is 71.6 Å². The number of nitrogens with zero attached hydrogens (tertiary/aromatic N) is 3. The average molecular weight is 394 g/mol. The van der Waals surface area contributed by atoms with Crippen molar-refractivity contribution in [3.8, 4) is 6.07 Å². The quantitative estimate of drug-likeness (QED) is 0.392. The molecule has 0 radical (unpaired) electrons. The first-order valence-electron chi connectivity index (χ1n) is 9.89. The van der Waals surface area contributed by atoms with Crippen LogP contribution in [0.5, 0.6) is 0 Å². The molecular weight excluding hydrogens is 372 g/mol. The Morgan fingerprint density at radius 3 is 2.37 bits per heavy atom. The maximum Gasteiger partial charge on any atom is 0.270 e. The van der Waals surface area contributed by atoms with Crippen LogP contribution in [0.4, 0.5) is 22.7 Å². The summed E-state index contributed by atoms with van der Waals surface area (Å²) in [6, 6.07) is 27.0. The number of carbonyl (C=O) groups is 1. The fourth-order valence-corrected chi connectivity index (χ4v) is 3.67. The first-order chi connectivity index (χ1) is 14.7. The molecule has 0 bridgehead atoms. The zero-order chi connectivity index (χ0) is 20.9. The van der Waals surface area contributed by atoms with Crippen LogP contribution in [-0.4, -0.2) is 12.5 Å². The van der Waals surface area contributed by atoms with E-state index in [1.165, 1.54) is 0 Å². The van der Waals surface area contributed by atoms with Gasteiger partial charge in [-0.2, -0.15) is 5.26 Å². The molecule has 1 aliphatic rings. The van der Waals surface area contributed by atoms with E-state index in [2.05, 4.69) is 6.07 Å². The second-order valence-electron chi connectivity index (χ2n) is 7.14. The maximum atomic E-state index is 13.3. The third-order valence-corrected chi connectivity index (χ3v) is 5.17. The molecule has 30 heavy (non-hydrogen) atoms. The molecule has 5 heteroatoms. The summed E-state index contributed by atoms with van der Waals surface area (Å²) in [6.07, 6.45) is 3.43. The lowest BCUT2D eigenvalue weighted by Gasteiger charge is -2.29. The van der Waals surface area contributed by atoms with Gasteiger partial charge in [0.25, 0.3) is 5.91 Å². The van der Waals surface area contributed by atoms with Crippen molar-refractivity contribution >= 4 is 28.7 Å². The Bertz CT molecular complexity index is 1110. The molecule has 3 aromatic carbocycles. The Kier molecular flexibility index (Phi) is 5.49. The Balaban J connectivity index is 1.74. The number of para-hydroxylation sites is 2. The van der Waals surface area contributed by atoms with Crippen molar-refractivity contribution in [3.05, 3.63) is 96.2 Å². The van der Waals surface area contributed by atoms with E-state index >= 15 is 0 Å². The lowest BCUT2D eigenvalue weighted by atomic mass is 10.0. The first kappa shape index (κ1) is 19.3. The predicted octanol–water partition coefficient (Wildman–Crippen LogP) is 4.79. The first-order valence-corrected chi connectivity index (χ1v) is 9.89. The molecule has 0 saturated heterocycles. The summed E-state index contributed by atoms with van der Waals surface area (Å²) in [5.74, 6) is -0.291. The molecule has 0 spiro atoms. The van der Waals surface area contributed by atoms with Gasteiger partial charge >= 0.3 is 0 Å². The van der Waals surface area contributed by atoms with Crippen molar-refractivity contribution in [2.24, 2.45) is 0 Å². The minimum Gasteiger partial charge on any atom is -0.399 e. The van der Waals surface area contributed by atoms with Gasteiger partial charge in [-0.15, -0.1) is 0 Å². The molecule has 4 rings (SSSR count). The molecule has 0 saturated carbocycles. The van der Waals surface area contributed by atoms with Crippen molar-refractivity contribution in [1.29, 1.82) is 5.26 Å². The number of nitrogens with two attached hydrogens (primary N) is 1. The lowest BCUT2D eigenvalue weighted by Crippen LogP contribution is -2.36. The van der Waals surface area contributed by atoms with E-state index in [1.54, 1.807) is 23.2 Å². The van der Waals surface area contributed by atoms with Gasteiger partial charge in [0.15, 0.2) is 0 Å². The van der Waals surface area contributed by atoms with Gasteiger partial charge in [0.1, 0.15) is 11.6 Å². The van der Waals surface area contributed by atoms with Crippen LogP contribution in [0.25, 0.3) is 0 Å². The average Bonchev–Trinajstić information content (AvgIpc) is 2.80. The van der Waals surface area contributed by atoms with Crippen molar-refractivity contribution in [2.45, 2.75) is 12.8 Å². The number of aryl methyl sites for hydroxylation is 1. The van der Waals surface area contributed by atoms with Crippen LogP contribution >= 0.6 is 0 Å². The van der Waals surface area contributed by atoms with Gasteiger partial charge < -0.3 is 15.5 Å². The van der Waals surface area contributed by atoms with Crippen molar-refractivity contribution in [1.82, 2.24) is 0 Å². The lowest BCUT2D eigenvalue weighted by molar-refractivity contribution is -0.114. The third-order valence-electron chi connectivity index (χ3n) is 5.17. The number of anilines is 4. The van der Waals surface area contributed by atoms with Gasteiger partial charge in [0.05, 0.1) is 0 Å². The number of benzene rings is 3. The predicted molar refractivity (Wildman–Crippen MR) is 120 cm³/mol. The number of carbonyl (C=O) groups excluding carboxylic acids is 1. The zero-order valence-electron chi connectivity index (χ0n) is 16.5. The third kappa shape index (κ3) is 3.89. The molecule has 0 fully saturated rings. The van der Waals surface area contributed by atoms with Crippen molar-refractivity contribution < 1.29 is 4.79 Å². The molecule has 3 aromatic rings. The van der Waals surface area contributed by atoms with Crippen LogP contribution in [0.15, 0.2) is 90.6 Å². The number of nitrogen functional groups attached to an aromatic ring is 1. The highest BCUT2D eigenvalue weighted by Crippen LogP contribution is 2.30. The van der Waals surface area contributed by atoms with Gasteiger partial charge in [0, 0.05) is 35.5 Å². The van der Waals surface area contributed by atoms with Crippen LogP contribution in [0.2, 0.25) is 0 Å². The molecule has 1 heterocycles. The fourth-order valence-electron chi connectivity index (χ4n) is 3.67.